The third kappa shape index (κ3) is 4.39. The maximum Gasteiger partial charge on any atom is 0.387 e. The van der Waals surface area contributed by atoms with Crippen molar-refractivity contribution in [2.24, 2.45) is 5.73 Å². The average Bonchev–Trinajstić information content (AvgIpc) is 2.38. The lowest BCUT2D eigenvalue weighted by molar-refractivity contribution is -0.132. The minimum atomic E-state index is -2.83. The van der Waals surface area contributed by atoms with Gasteiger partial charge in [0.15, 0.2) is 0 Å². The molecule has 0 spiro atoms. The van der Waals surface area contributed by atoms with Gasteiger partial charge in [0.1, 0.15) is 5.75 Å². The quantitative estimate of drug-likeness (QED) is 0.878. The molecule has 1 aliphatic rings. The van der Waals surface area contributed by atoms with Crippen LogP contribution in [0.1, 0.15) is 31.2 Å². The first-order valence-electron chi connectivity index (χ1n) is 6.95. The topological polar surface area (TPSA) is 55.6 Å². The molecule has 0 atom stereocenters. The molecule has 1 amide bonds. The van der Waals surface area contributed by atoms with E-state index in [1.54, 1.807) is 24.1 Å². The molecule has 1 aromatic rings. The monoisotopic (exact) mass is 298 g/mol. The molecule has 0 radical (unpaired) electrons. The summed E-state index contributed by atoms with van der Waals surface area (Å²) in [7, 11) is 1.72. The van der Waals surface area contributed by atoms with Crippen LogP contribution in [0.25, 0.3) is 0 Å². The lowest BCUT2D eigenvalue weighted by Gasteiger charge is -2.38. The van der Waals surface area contributed by atoms with E-state index in [2.05, 4.69) is 4.74 Å². The first-order chi connectivity index (χ1) is 9.88. The van der Waals surface area contributed by atoms with E-state index in [4.69, 9.17) is 5.73 Å². The van der Waals surface area contributed by atoms with Crippen LogP contribution in [0.15, 0.2) is 24.3 Å². The van der Waals surface area contributed by atoms with Crippen molar-refractivity contribution in [2.75, 3.05) is 7.05 Å². The third-order valence-electron chi connectivity index (χ3n) is 3.85. The van der Waals surface area contributed by atoms with Gasteiger partial charge in [-0.05, 0) is 37.0 Å². The van der Waals surface area contributed by atoms with Crippen LogP contribution in [0.5, 0.6) is 5.75 Å². The zero-order valence-electron chi connectivity index (χ0n) is 12.0. The van der Waals surface area contributed by atoms with Crippen molar-refractivity contribution < 1.29 is 18.3 Å². The molecule has 1 fully saturated rings. The van der Waals surface area contributed by atoms with Gasteiger partial charge < -0.3 is 15.4 Å². The number of halogens is 2. The SMILES string of the molecule is CN(Cc1ccc(OC(F)F)cc1)C(=O)CC1(N)CCC1. The number of alkyl halides is 2. The first kappa shape index (κ1) is 15.7. The van der Waals surface area contributed by atoms with Gasteiger partial charge >= 0.3 is 6.61 Å². The number of ether oxygens (including phenoxy) is 1. The van der Waals surface area contributed by atoms with Gasteiger partial charge in [0.25, 0.3) is 0 Å². The van der Waals surface area contributed by atoms with Crippen LogP contribution in [-0.4, -0.2) is 30.0 Å². The van der Waals surface area contributed by atoms with E-state index >= 15 is 0 Å². The standard InChI is InChI=1S/C15H20F2N2O2/c1-19(13(20)9-15(18)7-2-8-15)10-11-3-5-12(6-4-11)21-14(16)17/h3-6,14H,2,7-10,18H2,1H3. The highest BCUT2D eigenvalue weighted by Crippen LogP contribution is 2.32. The van der Waals surface area contributed by atoms with E-state index in [1.165, 1.54) is 12.1 Å². The highest BCUT2D eigenvalue weighted by molar-refractivity contribution is 5.77. The molecule has 0 saturated heterocycles. The Kier molecular flexibility index (Phi) is 4.77. The third-order valence-corrected chi connectivity index (χ3v) is 3.85. The Morgan fingerprint density at radius 2 is 2.00 bits per heavy atom. The van der Waals surface area contributed by atoms with Crippen LogP contribution in [0, 0.1) is 0 Å². The molecule has 6 heteroatoms. The molecule has 4 nitrogen and oxygen atoms in total. The Bertz CT molecular complexity index is 487. The van der Waals surface area contributed by atoms with E-state index in [9.17, 15) is 13.6 Å². The van der Waals surface area contributed by atoms with Crippen molar-refractivity contribution in [1.29, 1.82) is 0 Å². The minimum absolute atomic E-state index is 0.00473. The second kappa shape index (κ2) is 6.39. The number of benzene rings is 1. The Labute approximate surface area is 122 Å². The number of nitrogens with zero attached hydrogens (tertiary/aromatic N) is 1. The van der Waals surface area contributed by atoms with E-state index in [1.807, 2.05) is 0 Å². The highest BCUT2D eigenvalue weighted by atomic mass is 19.3. The van der Waals surface area contributed by atoms with Crippen LogP contribution in [0.3, 0.4) is 0 Å². The second-order valence-electron chi connectivity index (χ2n) is 5.66. The van der Waals surface area contributed by atoms with Crippen LogP contribution < -0.4 is 10.5 Å². The number of carbonyl (C=O) groups excluding carboxylic acids is 1. The zero-order valence-corrected chi connectivity index (χ0v) is 12.0. The molecule has 1 aliphatic carbocycles. The molecule has 1 saturated carbocycles. The summed E-state index contributed by atoms with van der Waals surface area (Å²) in [5.74, 6) is 0.114. The zero-order chi connectivity index (χ0) is 15.5. The maximum atomic E-state index is 12.1. The molecule has 0 bridgehead atoms. The van der Waals surface area contributed by atoms with E-state index in [0.717, 1.165) is 24.8 Å². The molecule has 2 rings (SSSR count). The normalized spacial score (nSPS) is 16.4. The minimum Gasteiger partial charge on any atom is -0.435 e. The molecule has 2 N–H and O–H groups in total. The molecule has 21 heavy (non-hydrogen) atoms. The summed E-state index contributed by atoms with van der Waals surface area (Å²) in [5.41, 5.74) is 6.59. The lowest BCUT2D eigenvalue weighted by atomic mass is 9.75. The van der Waals surface area contributed by atoms with Gasteiger partial charge in [-0.3, -0.25) is 4.79 Å². The Morgan fingerprint density at radius 3 is 2.48 bits per heavy atom. The summed E-state index contributed by atoms with van der Waals surface area (Å²) in [6.45, 7) is -2.41. The van der Waals surface area contributed by atoms with E-state index in [-0.39, 0.29) is 17.2 Å². The maximum absolute atomic E-state index is 12.1. The fraction of sp³-hybridized carbons (Fsp3) is 0.533. The Balaban J connectivity index is 1.86. The van der Waals surface area contributed by atoms with Crippen molar-refractivity contribution in [3.8, 4) is 5.75 Å². The van der Waals surface area contributed by atoms with Gasteiger partial charge in [-0.2, -0.15) is 8.78 Å². The molecule has 0 heterocycles. The van der Waals surface area contributed by atoms with E-state index in [0.29, 0.717) is 13.0 Å². The van der Waals surface area contributed by atoms with Gasteiger partial charge in [-0.15, -0.1) is 0 Å². The first-order valence-corrected chi connectivity index (χ1v) is 6.95. The summed E-state index contributed by atoms with van der Waals surface area (Å²) >= 11 is 0. The summed E-state index contributed by atoms with van der Waals surface area (Å²) in [6, 6.07) is 6.28. The molecule has 116 valence electrons. The number of hydrogen-bond acceptors (Lipinski definition) is 3. The molecule has 0 aliphatic heterocycles. The molecule has 0 aromatic heterocycles. The van der Waals surface area contributed by atoms with Gasteiger partial charge in [0.2, 0.25) is 5.91 Å². The molecular formula is C15H20F2N2O2. The van der Waals surface area contributed by atoms with Crippen LogP contribution >= 0.6 is 0 Å². The van der Waals surface area contributed by atoms with Crippen molar-refractivity contribution in [3.63, 3.8) is 0 Å². The van der Waals surface area contributed by atoms with Gasteiger partial charge in [-0.1, -0.05) is 12.1 Å². The molecule has 0 unspecified atom stereocenters. The largest absolute Gasteiger partial charge is 0.435 e. The van der Waals surface area contributed by atoms with Crippen molar-refractivity contribution in [2.45, 2.75) is 44.4 Å². The predicted octanol–water partition coefficient (Wildman–Crippen LogP) is 2.52. The summed E-state index contributed by atoms with van der Waals surface area (Å²) in [4.78, 5) is 13.7. The predicted molar refractivity (Wildman–Crippen MR) is 74.9 cm³/mol. The summed E-state index contributed by atoms with van der Waals surface area (Å²) in [5, 5.41) is 0. The highest BCUT2D eigenvalue weighted by Gasteiger charge is 2.35. The molecule has 1 aromatic carbocycles. The van der Waals surface area contributed by atoms with Gasteiger partial charge in [-0.25, -0.2) is 0 Å². The average molecular weight is 298 g/mol. The van der Waals surface area contributed by atoms with Crippen LogP contribution in [-0.2, 0) is 11.3 Å². The fourth-order valence-corrected chi connectivity index (χ4v) is 2.38. The number of carbonyl (C=O) groups is 1. The molecular weight excluding hydrogens is 278 g/mol. The van der Waals surface area contributed by atoms with Crippen molar-refractivity contribution >= 4 is 5.91 Å². The van der Waals surface area contributed by atoms with Gasteiger partial charge in [0, 0.05) is 25.6 Å². The smallest absolute Gasteiger partial charge is 0.387 e. The lowest BCUT2D eigenvalue weighted by Crippen LogP contribution is -2.50. The number of hydrogen-bond donors (Lipinski definition) is 1. The summed E-state index contributed by atoms with van der Waals surface area (Å²) in [6.07, 6.45) is 3.23. The van der Waals surface area contributed by atoms with Gasteiger partial charge in [0.05, 0.1) is 0 Å². The Morgan fingerprint density at radius 1 is 1.38 bits per heavy atom. The Hall–Kier alpha value is -1.69. The van der Waals surface area contributed by atoms with Crippen molar-refractivity contribution in [1.82, 2.24) is 4.90 Å². The summed E-state index contributed by atoms with van der Waals surface area (Å²) < 4.78 is 28.4. The van der Waals surface area contributed by atoms with Crippen LogP contribution in [0.2, 0.25) is 0 Å². The second-order valence-corrected chi connectivity index (χ2v) is 5.66. The number of rotatable bonds is 6. The fourth-order valence-electron chi connectivity index (χ4n) is 2.38. The number of amides is 1. The van der Waals surface area contributed by atoms with E-state index < -0.39 is 6.61 Å². The van der Waals surface area contributed by atoms with Crippen LogP contribution in [0.4, 0.5) is 8.78 Å². The van der Waals surface area contributed by atoms with Crippen molar-refractivity contribution in [3.05, 3.63) is 29.8 Å². The number of nitrogens with two attached hydrogens (primary N) is 1.